The topological polar surface area (TPSA) is 40.5 Å². The summed E-state index contributed by atoms with van der Waals surface area (Å²) in [5, 5.41) is 10.1. The second-order valence-electron chi connectivity index (χ2n) is 6.30. The molecule has 3 nitrogen and oxygen atoms in total. The molecule has 1 aromatic rings. The quantitative estimate of drug-likeness (QED) is 0.866. The fraction of sp³-hybridized carbons (Fsp3) is 0.533. The zero-order valence-electron chi connectivity index (χ0n) is 11.9. The van der Waals surface area contributed by atoms with Gasteiger partial charge in [0.1, 0.15) is 0 Å². The molecule has 1 aliphatic heterocycles. The number of aliphatic carboxylic acids is 1. The van der Waals surface area contributed by atoms with Gasteiger partial charge in [-0.05, 0) is 54.4 Å². The van der Waals surface area contributed by atoms with E-state index in [1.807, 2.05) is 18.2 Å². The van der Waals surface area contributed by atoms with E-state index in [0.29, 0.717) is 11.6 Å². The third-order valence-electron chi connectivity index (χ3n) is 3.96. The lowest BCUT2D eigenvalue weighted by Gasteiger charge is -2.31. The lowest BCUT2D eigenvalue weighted by molar-refractivity contribution is -0.141. The van der Waals surface area contributed by atoms with Gasteiger partial charge in [0, 0.05) is 29.0 Å². The first-order valence-electron chi connectivity index (χ1n) is 6.63. The molecule has 110 valence electrons. The largest absolute Gasteiger partial charge is 0.481 e. The molecule has 1 heterocycles. The van der Waals surface area contributed by atoms with Crippen molar-refractivity contribution in [2.45, 2.75) is 32.2 Å². The lowest BCUT2D eigenvalue weighted by Crippen LogP contribution is -2.40. The Morgan fingerprint density at radius 2 is 2.05 bits per heavy atom. The summed E-state index contributed by atoms with van der Waals surface area (Å²) in [5.74, 6) is -1.13. The average Bonchev–Trinajstić information content (AvgIpc) is 2.77. The molecule has 0 unspecified atom stereocenters. The molecular weight excluding hydrogens is 342 g/mol. The molecule has 1 aliphatic rings. The minimum atomic E-state index is -0.735. The maximum absolute atomic E-state index is 11.5. The molecular formula is C15H19BrClNO2. The van der Waals surface area contributed by atoms with E-state index >= 15 is 0 Å². The van der Waals surface area contributed by atoms with Crippen molar-refractivity contribution in [3.8, 4) is 0 Å². The molecule has 0 saturated carbocycles. The SMILES string of the molecule is CC(C)(C)N1C[C@@H](C(=O)O)[C@H](c2ccc(Br)c(Cl)c2)C1. The second-order valence-corrected chi connectivity index (χ2v) is 7.56. The summed E-state index contributed by atoms with van der Waals surface area (Å²) >= 11 is 9.50. The maximum atomic E-state index is 11.5. The number of carboxylic acid groups (broad SMARTS) is 1. The van der Waals surface area contributed by atoms with Crippen LogP contribution in [-0.4, -0.2) is 34.6 Å². The number of nitrogens with zero attached hydrogens (tertiary/aromatic N) is 1. The number of benzene rings is 1. The Balaban J connectivity index is 2.32. The Labute approximate surface area is 133 Å². The van der Waals surface area contributed by atoms with Gasteiger partial charge < -0.3 is 5.11 Å². The zero-order valence-corrected chi connectivity index (χ0v) is 14.2. The maximum Gasteiger partial charge on any atom is 0.308 e. The Morgan fingerprint density at radius 1 is 1.40 bits per heavy atom. The van der Waals surface area contributed by atoms with Crippen molar-refractivity contribution in [3.05, 3.63) is 33.3 Å². The molecule has 0 spiro atoms. The number of hydrogen-bond donors (Lipinski definition) is 1. The number of carbonyl (C=O) groups is 1. The second kappa shape index (κ2) is 5.66. The summed E-state index contributed by atoms with van der Waals surface area (Å²) in [6.07, 6.45) is 0. The van der Waals surface area contributed by atoms with Gasteiger partial charge in [0.25, 0.3) is 0 Å². The van der Waals surface area contributed by atoms with Crippen molar-refractivity contribution in [1.82, 2.24) is 4.90 Å². The highest BCUT2D eigenvalue weighted by molar-refractivity contribution is 9.10. The predicted molar refractivity (Wildman–Crippen MR) is 84.3 cm³/mol. The fourth-order valence-electron chi connectivity index (χ4n) is 2.68. The minimum absolute atomic E-state index is 0.0164. The molecule has 0 amide bonds. The van der Waals surface area contributed by atoms with Crippen molar-refractivity contribution in [3.63, 3.8) is 0 Å². The lowest BCUT2D eigenvalue weighted by atomic mass is 9.89. The van der Waals surface area contributed by atoms with E-state index < -0.39 is 5.97 Å². The van der Waals surface area contributed by atoms with Gasteiger partial charge in [-0.3, -0.25) is 9.69 Å². The van der Waals surface area contributed by atoms with E-state index in [9.17, 15) is 9.90 Å². The molecule has 1 fully saturated rings. The van der Waals surface area contributed by atoms with Gasteiger partial charge >= 0.3 is 5.97 Å². The van der Waals surface area contributed by atoms with Gasteiger partial charge in [0.15, 0.2) is 0 Å². The molecule has 0 radical (unpaired) electrons. The summed E-state index contributed by atoms with van der Waals surface area (Å²) in [4.78, 5) is 13.8. The van der Waals surface area contributed by atoms with Crippen molar-refractivity contribution in [1.29, 1.82) is 0 Å². The van der Waals surface area contributed by atoms with Crippen molar-refractivity contribution < 1.29 is 9.90 Å². The summed E-state index contributed by atoms with van der Waals surface area (Å²) in [5.41, 5.74) is 0.971. The van der Waals surface area contributed by atoms with Gasteiger partial charge in [0.05, 0.1) is 10.9 Å². The van der Waals surface area contributed by atoms with Crippen molar-refractivity contribution >= 4 is 33.5 Å². The van der Waals surface area contributed by atoms with Crippen LogP contribution in [-0.2, 0) is 4.79 Å². The summed E-state index contributed by atoms with van der Waals surface area (Å²) in [6.45, 7) is 7.67. The van der Waals surface area contributed by atoms with Crippen LogP contribution >= 0.6 is 27.5 Å². The molecule has 1 saturated heterocycles. The van der Waals surface area contributed by atoms with Crippen LogP contribution in [0.25, 0.3) is 0 Å². The van der Waals surface area contributed by atoms with E-state index in [0.717, 1.165) is 16.6 Å². The van der Waals surface area contributed by atoms with Crippen LogP contribution in [0.2, 0.25) is 5.02 Å². The van der Waals surface area contributed by atoms with Gasteiger partial charge in [-0.25, -0.2) is 0 Å². The molecule has 20 heavy (non-hydrogen) atoms. The molecule has 0 aliphatic carbocycles. The molecule has 1 aromatic carbocycles. The summed E-state index contributed by atoms with van der Waals surface area (Å²) < 4.78 is 0.834. The van der Waals surface area contributed by atoms with Gasteiger partial charge in [0.2, 0.25) is 0 Å². The number of halogens is 2. The number of rotatable bonds is 2. The van der Waals surface area contributed by atoms with Crippen LogP contribution in [0.1, 0.15) is 32.3 Å². The Hall–Kier alpha value is -0.580. The van der Waals surface area contributed by atoms with Crippen LogP contribution in [0.4, 0.5) is 0 Å². The van der Waals surface area contributed by atoms with Gasteiger partial charge in [-0.1, -0.05) is 17.7 Å². The van der Waals surface area contributed by atoms with Crippen molar-refractivity contribution in [2.75, 3.05) is 13.1 Å². The third kappa shape index (κ3) is 3.18. The van der Waals surface area contributed by atoms with E-state index in [4.69, 9.17) is 11.6 Å². The monoisotopic (exact) mass is 359 g/mol. The average molecular weight is 361 g/mol. The smallest absolute Gasteiger partial charge is 0.308 e. The van der Waals surface area contributed by atoms with E-state index in [2.05, 4.69) is 41.6 Å². The first-order chi connectivity index (χ1) is 9.20. The fourth-order valence-corrected chi connectivity index (χ4v) is 3.12. The van der Waals surface area contributed by atoms with Crippen LogP contribution in [0.3, 0.4) is 0 Å². The molecule has 2 rings (SSSR count). The highest BCUT2D eigenvalue weighted by atomic mass is 79.9. The highest BCUT2D eigenvalue weighted by Gasteiger charge is 2.42. The highest BCUT2D eigenvalue weighted by Crippen LogP contribution is 2.38. The normalized spacial score (nSPS) is 24.1. The molecule has 0 aromatic heterocycles. The van der Waals surface area contributed by atoms with Crippen molar-refractivity contribution in [2.24, 2.45) is 5.92 Å². The number of carboxylic acids is 1. The number of hydrogen-bond acceptors (Lipinski definition) is 2. The van der Waals surface area contributed by atoms with E-state index in [-0.39, 0.29) is 17.4 Å². The summed E-state index contributed by atoms with van der Waals surface area (Å²) in [7, 11) is 0. The van der Waals surface area contributed by atoms with Crippen LogP contribution in [0.5, 0.6) is 0 Å². The Morgan fingerprint density at radius 3 is 2.55 bits per heavy atom. The first kappa shape index (κ1) is 15.8. The standard InChI is InChI=1S/C15H19BrClNO2/c1-15(2,3)18-7-10(11(8-18)14(19)20)9-4-5-12(16)13(17)6-9/h4-6,10-11H,7-8H2,1-3H3,(H,19,20)/t10-,11+/m0/s1. The van der Waals surface area contributed by atoms with Crippen LogP contribution < -0.4 is 0 Å². The van der Waals surface area contributed by atoms with Crippen LogP contribution in [0.15, 0.2) is 22.7 Å². The van der Waals surface area contributed by atoms with Crippen LogP contribution in [0, 0.1) is 5.92 Å². The van der Waals surface area contributed by atoms with Gasteiger partial charge in [-0.15, -0.1) is 0 Å². The number of likely N-dealkylation sites (tertiary alicyclic amines) is 1. The molecule has 0 bridgehead atoms. The predicted octanol–water partition coefficient (Wildman–Crippen LogP) is 4.00. The Kier molecular flexibility index (Phi) is 4.47. The molecule has 5 heteroatoms. The Bertz CT molecular complexity index is 527. The first-order valence-corrected chi connectivity index (χ1v) is 7.80. The van der Waals surface area contributed by atoms with E-state index in [1.165, 1.54) is 0 Å². The minimum Gasteiger partial charge on any atom is -0.481 e. The molecule has 2 atom stereocenters. The zero-order chi connectivity index (χ0) is 15.1. The van der Waals surface area contributed by atoms with E-state index in [1.54, 1.807) is 0 Å². The molecule has 1 N–H and O–H groups in total. The third-order valence-corrected chi connectivity index (χ3v) is 5.19. The van der Waals surface area contributed by atoms with Gasteiger partial charge in [-0.2, -0.15) is 0 Å². The summed E-state index contributed by atoms with van der Waals surface area (Å²) in [6, 6.07) is 5.72.